The zero-order chi connectivity index (χ0) is 18.5. The first-order chi connectivity index (χ1) is 12.6. The molecule has 1 aliphatic rings. The third-order valence-corrected chi connectivity index (χ3v) is 4.82. The molecule has 0 saturated heterocycles. The molecule has 4 heteroatoms. The summed E-state index contributed by atoms with van der Waals surface area (Å²) in [4.78, 5) is 26.2. The highest BCUT2D eigenvalue weighted by Crippen LogP contribution is 2.34. The Morgan fingerprint density at radius 2 is 1.88 bits per heavy atom. The summed E-state index contributed by atoms with van der Waals surface area (Å²) >= 11 is 0. The molecule has 1 aliphatic heterocycles. The number of fused-ring (bicyclic) bond motifs is 1. The average molecular weight is 351 g/mol. The molecule has 1 unspecified atom stereocenters. The molecule has 2 aromatic rings. The molecule has 26 heavy (non-hydrogen) atoms. The van der Waals surface area contributed by atoms with Gasteiger partial charge in [-0.1, -0.05) is 30.3 Å². The minimum Gasteiger partial charge on any atom is -0.466 e. The molecule has 2 aromatic carbocycles. The van der Waals surface area contributed by atoms with Crippen LogP contribution in [0.2, 0.25) is 0 Å². The van der Waals surface area contributed by atoms with Crippen molar-refractivity contribution in [1.29, 1.82) is 0 Å². The van der Waals surface area contributed by atoms with Crippen LogP contribution < -0.4 is 4.90 Å². The SMILES string of the molecule is CCOC(=O)CCC(=O)c1ccc2c(c1)CC(C)N2Cc1ccccc1. The minimum absolute atomic E-state index is 0.00462. The summed E-state index contributed by atoms with van der Waals surface area (Å²) in [5, 5.41) is 0. The number of nitrogens with zero attached hydrogens (tertiary/aromatic N) is 1. The number of ether oxygens (including phenoxy) is 1. The van der Waals surface area contributed by atoms with E-state index in [2.05, 4.69) is 36.1 Å². The van der Waals surface area contributed by atoms with E-state index in [0.29, 0.717) is 18.2 Å². The van der Waals surface area contributed by atoms with Gasteiger partial charge in [0.2, 0.25) is 0 Å². The van der Waals surface area contributed by atoms with E-state index in [1.165, 1.54) is 16.8 Å². The Bertz CT molecular complexity index is 785. The molecule has 1 atom stereocenters. The van der Waals surface area contributed by atoms with Gasteiger partial charge in [0.1, 0.15) is 0 Å². The lowest BCUT2D eigenvalue weighted by Crippen LogP contribution is -2.28. The van der Waals surface area contributed by atoms with Gasteiger partial charge in [-0.05, 0) is 49.6 Å². The van der Waals surface area contributed by atoms with E-state index < -0.39 is 0 Å². The standard InChI is InChI=1S/C22H25NO3/c1-3-26-22(25)12-11-21(24)18-9-10-20-19(14-18)13-16(2)23(20)15-17-7-5-4-6-8-17/h4-10,14,16H,3,11-13,15H2,1-2H3. The summed E-state index contributed by atoms with van der Waals surface area (Å²) in [7, 11) is 0. The van der Waals surface area contributed by atoms with Crippen molar-refractivity contribution in [2.75, 3.05) is 11.5 Å². The predicted molar refractivity (Wildman–Crippen MR) is 102 cm³/mol. The van der Waals surface area contributed by atoms with Gasteiger partial charge in [-0.2, -0.15) is 0 Å². The van der Waals surface area contributed by atoms with Gasteiger partial charge in [-0.15, -0.1) is 0 Å². The summed E-state index contributed by atoms with van der Waals surface area (Å²) in [5.41, 5.74) is 4.36. The van der Waals surface area contributed by atoms with E-state index in [4.69, 9.17) is 4.74 Å². The molecular weight excluding hydrogens is 326 g/mol. The van der Waals surface area contributed by atoms with E-state index >= 15 is 0 Å². The summed E-state index contributed by atoms with van der Waals surface area (Å²) in [6.45, 7) is 5.19. The number of hydrogen-bond acceptors (Lipinski definition) is 4. The maximum Gasteiger partial charge on any atom is 0.306 e. The normalized spacial score (nSPS) is 15.6. The third kappa shape index (κ3) is 4.13. The molecule has 0 amide bonds. The highest BCUT2D eigenvalue weighted by molar-refractivity contribution is 5.98. The first-order valence-corrected chi connectivity index (χ1v) is 9.20. The first-order valence-electron chi connectivity index (χ1n) is 9.20. The monoisotopic (exact) mass is 351 g/mol. The van der Waals surface area contributed by atoms with Gasteiger partial charge in [0.15, 0.2) is 5.78 Å². The molecule has 0 saturated carbocycles. The van der Waals surface area contributed by atoms with Crippen LogP contribution in [0.1, 0.15) is 48.2 Å². The van der Waals surface area contributed by atoms with Crippen LogP contribution >= 0.6 is 0 Å². The van der Waals surface area contributed by atoms with E-state index in [9.17, 15) is 9.59 Å². The molecule has 0 spiro atoms. The fraction of sp³-hybridized carbons (Fsp3) is 0.364. The highest BCUT2D eigenvalue weighted by Gasteiger charge is 2.26. The van der Waals surface area contributed by atoms with Crippen LogP contribution in [0.4, 0.5) is 5.69 Å². The molecular formula is C22H25NO3. The van der Waals surface area contributed by atoms with Crippen molar-refractivity contribution >= 4 is 17.4 Å². The molecule has 136 valence electrons. The smallest absolute Gasteiger partial charge is 0.306 e. The van der Waals surface area contributed by atoms with Crippen LogP contribution in [-0.2, 0) is 22.5 Å². The number of anilines is 1. The van der Waals surface area contributed by atoms with Crippen LogP contribution in [0.15, 0.2) is 48.5 Å². The Morgan fingerprint density at radius 1 is 1.12 bits per heavy atom. The van der Waals surface area contributed by atoms with Crippen molar-refractivity contribution in [3.05, 3.63) is 65.2 Å². The third-order valence-electron chi connectivity index (χ3n) is 4.82. The maximum absolute atomic E-state index is 12.4. The summed E-state index contributed by atoms with van der Waals surface area (Å²) < 4.78 is 4.89. The van der Waals surface area contributed by atoms with Crippen LogP contribution in [0.3, 0.4) is 0 Å². The number of ketones is 1. The lowest BCUT2D eigenvalue weighted by atomic mass is 10.0. The van der Waals surface area contributed by atoms with Gasteiger partial charge in [0, 0.05) is 30.3 Å². The van der Waals surface area contributed by atoms with Gasteiger partial charge in [-0.3, -0.25) is 9.59 Å². The number of Topliss-reactive ketones (excluding diaryl/α,β-unsaturated/α-hetero) is 1. The summed E-state index contributed by atoms with van der Waals surface area (Å²) in [6.07, 6.45) is 1.27. The lowest BCUT2D eigenvalue weighted by molar-refractivity contribution is -0.143. The van der Waals surface area contributed by atoms with Gasteiger partial charge >= 0.3 is 5.97 Å². The molecule has 0 fully saturated rings. The Kier molecular flexibility index (Phi) is 5.71. The quantitative estimate of drug-likeness (QED) is 0.555. The second-order valence-corrected chi connectivity index (χ2v) is 6.74. The second kappa shape index (κ2) is 8.17. The van der Waals surface area contributed by atoms with Crippen molar-refractivity contribution in [2.45, 2.75) is 45.7 Å². The number of carbonyl (C=O) groups is 2. The Labute approximate surface area is 154 Å². The average Bonchev–Trinajstić information content (AvgIpc) is 2.95. The number of rotatable bonds is 7. The lowest BCUT2D eigenvalue weighted by Gasteiger charge is -2.25. The van der Waals surface area contributed by atoms with Crippen molar-refractivity contribution < 1.29 is 14.3 Å². The number of benzene rings is 2. The van der Waals surface area contributed by atoms with Gasteiger partial charge in [0.05, 0.1) is 13.0 Å². The Balaban J connectivity index is 1.70. The van der Waals surface area contributed by atoms with Gasteiger partial charge in [-0.25, -0.2) is 0 Å². The Morgan fingerprint density at radius 3 is 2.62 bits per heavy atom. The molecule has 0 N–H and O–H groups in total. The molecule has 0 aromatic heterocycles. The van der Waals surface area contributed by atoms with Crippen LogP contribution in [0, 0.1) is 0 Å². The molecule has 3 rings (SSSR count). The molecule has 1 heterocycles. The summed E-state index contributed by atoms with van der Waals surface area (Å²) in [6, 6.07) is 16.7. The summed E-state index contributed by atoms with van der Waals surface area (Å²) in [5.74, 6) is -0.320. The number of hydrogen-bond donors (Lipinski definition) is 0. The first kappa shape index (κ1) is 18.2. The van der Waals surface area contributed by atoms with Crippen molar-refractivity contribution in [2.24, 2.45) is 0 Å². The molecule has 4 nitrogen and oxygen atoms in total. The molecule has 0 aliphatic carbocycles. The van der Waals surface area contributed by atoms with Gasteiger partial charge in [0.25, 0.3) is 0 Å². The van der Waals surface area contributed by atoms with Crippen molar-refractivity contribution in [3.8, 4) is 0 Å². The van der Waals surface area contributed by atoms with E-state index in [-0.39, 0.29) is 24.6 Å². The van der Waals surface area contributed by atoms with Gasteiger partial charge < -0.3 is 9.64 Å². The van der Waals surface area contributed by atoms with E-state index in [1.807, 2.05) is 24.3 Å². The van der Waals surface area contributed by atoms with Crippen LogP contribution in [0.5, 0.6) is 0 Å². The largest absolute Gasteiger partial charge is 0.466 e. The van der Waals surface area contributed by atoms with Crippen LogP contribution in [0.25, 0.3) is 0 Å². The maximum atomic E-state index is 12.4. The molecule has 0 radical (unpaired) electrons. The zero-order valence-corrected chi connectivity index (χ0v) is 15.4. The molecule has 0 bridgehead atoms. The topological polar surface area (TPSA) is 46.6 Å². The fourth-order valence-electron chi connectivity index (χ4n) is 3.48. The fourth-order valence-corrected chi connectivity index (χ4v) is 3.48. The zero-order valence-electron chi connectivity index (χ0n) is 15.4. The van der Waals surface area contributed by atoms with Crippen molar-refractivity contribution in [1.82, 2.24) is 0 Å². The second-order valence-electron chi connectivity index (χ2n) is 6.74. The van der Waals surface area contributed by atoms with E-state index in [1.54, 1.807) is 6.92 Å². The predicted octanol–water partition coefficient (Wildman–Crippen LogP) is 4.16. The number of esters is 1. The van der Waals surface area contributed by atoms with E-state index in [0.717, 1.165) is 13.0 Å². The van der Waals surface area contributed by atoms with Crippen molar-refractivity contribution in [3.63, 3.8) is 0 Å². The Hall–Kier alpha value is -2.62. The highest BCUT2D eigenvalue weighted by atomic mass is 16.5. The number of carbonyl (C=O) groups excluding carboxylic acids is 2. The van der Waals surface area contributed by atoms with Crippen LogP contribution in [-0.4, -0.2) is 24.4 Å². The minimum atomic E-state index is -0.315.